The third kappa shape index (κ3) is 2.01. The highest BCUT2D eigenvalue weighted by atomic mass is 79.9. The Morgan fingerprint density at radius 3 is 3.00 bits per heavy atom. The molecule has 2 rings (SSSR count). The summed E-state index contributed by atoms with van der Waals surface area (Å²) in [5, 5.41) is 4.65. The van der Waals surface area contributed by atoms with E-state index in [1.807, 2.05) is 11.8 Å². The number of nitrogens with zero attached hydrogens (tertiary/aromatic N) is 2. The monoisotopic (exact) mass is 274 g/mol. The zero-order valence-electron chi connectivity index (χ0n) is 8.59. The molecule has 1 aromatic heterocycles. The number of rotatable bonds is 2. The maximum Gasteiger partial charge on any atom is 0.108 e. The Balaban J connectivity index is 2.29. The number of fused-ring (bicyclic) bond motifs is 1. The van der Waals surface area contributed by atoms with Crippen molar-refractivity contribution in [1.29, 1.82) is 0 Å². The van der Waals surface area contributed by atoms with E-state index >= 15 is 0 Å². The summed E-state index contributed by atoms with van der Waals surface area (Å²) in [6.07, 6.45) is 1.13. The number of aryl methyl sites for hydroxylation is 1. The van der Waals surface area contributed by atoms with Crippen molar-refractivity contribution in [3.05, 3.63) is 15.9 Å². The second kappa shape index (κ2) is 4.27. The zero-order valence-corrected chi connectivity index (χ0v) is 11.0. The molecule has 0 amide bonds. The normalized spacial score (nSPS) is 16.0. The van der Waals surface area contributed by atoms with Crippen molar-refractivity contribution in [1.82, 2.24) is 9.78 Å². The van der Waals surface area contributed by atoms with Gasteiger partial charge in [-0.15, -0.1) is 0 Å². The van der Waals surface area contributed by atoms with E-state index in [0.717, 1.165) is 18.7 Å². The molecule has 2 nitrogen and oxygen atoms in total. The number of halogens is 1. The molecule has 0 saturated carbocycles. The Morgan fingerprint density at radius 1 is 1.57 bits per heavy atom. The third-order valence-electron chi connectivity index (χ3n) is 2.33. The van der Waals surface area contributed by atoms with Crippen LogP contribution in [0.1, 0.15) is 25.1 Å². The van der Waals surface area contributed by atoms with Gasteiger partial charge in [-0.05, 0) is 27.6 Å². The molecular formula is C10H15BrN2S. The fourth-order valence-corrected chi connectivity index (χ4v) is 3.45. The SMILES string of the molecule is CC(C)Cn1nc2c(c1Br)CSCC2. The molecule has 0 fully saturated rings. The van der Waals surface area contributed by atoms with Crippen molar-refractivity contribution in [3.63, 3.8) is 0 Å². The van der Waals surface area contributed by atoms with Crippen molar-refractivity contribution in [2.24, 2.45) is 5.92 Å². The largest absolute Gasteiger partial charge is 0.258 e. The second-order valence-electron chi connectivity index (χ2n) is 4.09. The smallest absolute Gasteiger partial charge is 0.108 e. The molecule has 2 heterocycles. The van der Waals surface area contributed by atoms with Crippen molar-refractivity contribution in [2.75, 3.05) is 5.75 Å². The Hall–Kier alpha value is 0.0400. The van der Waals surface area contributed by atoms with E-state index in [4.69, 9.17) is 0 Å². The molecule has 0 bridgehead atoms. The van der Waals surface area contributed by atoms with Crippen molar-refractivity contribution in [3.8, 4) is 0 Å². The molecular weight excluding hydrogens is 260 g/mol. The number of hydrogen-bond acceptors (Lipinski definition) is 2. The Kier molecular flexibility index (Phi) is 3.22. The number of thioether (sulfide) groups is 1. The van der Waals surface area contributed by atoms with Gasteiger partial charge in [-0.25, -0.2) is 0 Å². The maximum atomic E-state index is 4.65. The van der Waals surface area contributed by atoms with E-state index in [1.54, 1.807) is 0 Å². The number of hydrogen-bond donors (Lipinski definition) is 0. The minimum Gasteiger partial charge on any atom is -0.258 e. The van der Waals surface area contributed by atoms with Gasteiger partial charge in [0.15, 0.2) is 0 Å². The first kappa shape index (κ1) is 10.6. The lowest BCUT2D eigenvalue weighted by atomic mass is 10.2. The summed E-state index contributed by atoms with van der Waals surface area (Å²) in [6.45, 7) is 5.46. The first-order chi connectivity index (χ1) is 6.68. The average molecular weight is 275 g/mol. The standard InChI is InChI=1S/C10H15BrN2S/c1-7(2)5-13-10(11)8-6-14-4-3-9(8)12-13/h7H,3-6H2,1-2H3. The summed E-state index contributed by atoms with van der Waals surface area (Å²) in [7, 11) is 0. The van der Waals surface area contributed by atoms with Crippen LogP contribution in [0.4, 0.5) is 0 Å². The minimum atomic E-state index is 0.653. The summed E-state index contributed by atoms with van der Waals surface area (Å²) in [5.41, 5.74) is 2.72. The van der Waals surface area contributed by atoms with Gasteiger partial charge in [0, 0.05) is 24.3 Å². The molecule has 0 atom stereocenters. The molecule has 0 saturated heterocycles. The molecule has 0 unspecified atom stereocenters. The van der Waals surface area contributed by atoms with Gasteiger partial charge < -0.3 is 0 Å². The highest BCUT2D eigenvalue weighted by Gasteiger charge is 2.19. The van der Waals surface area contributed by atoms with Gasteiger partial charge >= 0.3 is 0 Å². The maximum absolute atomic E-state index is 4.65. The van der Waals surface area contributed by atoms with Crippen LogP contribution < -0.4 is 0 Å². The highest BCUT2D eigenvalue weighted by molar-refractivity contribution is 9.10. The van der Waals surface area contributed by atoms with Crippen molar-refractivity contribution < 1.29 is 0 Å². The van der Waals surface area contributed by atoms with E-state index in [0.29, 0.717) is 5.92 Å². The van der Waals surface area contributed by atoms with Gasteiger partial charge in [0.2, 0.25) is 0 Å². The van der Waals surface area contributed by atoms with Gasteiger partial charge in [-0.2, -0.15) is 16.9 Å². The van der Waals surface area contributed by atoms with E-state index in [9.17, 15) is 0 Å². The van der Waals surface area contributed by atoms with Crippen LogP contribution in [0.5, 0.6) is 0 Å². The van der Waals surface area contributed by atoms with Gasteiger partial charge in [0.1, 0.15) is 4.60 Å². The van der Waals surface area contributed by atoms with Crippen LogP contribution in [0.2, 0.25) is 0 Å². The molecule has 0 N–H and O–H groups in total. The fraction of sp³-hybridized carbons (Fsp3) is 0.700. The van der Waals surface area contributed by atoms with Crippen LogP contribution in [0.3, 0.4) is 0 Å². The van der Waals surface area contributed by atoms with Crippen LogP contribution in [0.25, 0.3) is 0 Å². The number of aromatic nitrogens is 2. The van der Waals surface area contributed by atoms with E-state index in [1.165, 1.54) is 21.6 Å². The van der Waals surface area contributed by atoms with E-state index in [-0.39, 0.29) is 0 Å². The minimum absolute atomic E-state index is 0.653. The lowest BCUT2D eigenvalue weighted by molar-refractivity contribution is 0.473. The lowest BCUT2D eigenvalue weighted by Gasteiger charge is -2.08. The van der Waals surface area contributed by atoms with Gasteiger partial charge in [0.25, 0.3) is 0 Å². The van der Waals surface area contributed by atoms with Gasteiger partial charge in [0.05, 0.1) is 5.69 Å². The molecule has 1 aromatic rings. The molecule has 0 spiro atoms. The van der Waals surface area contributed by atoms with Crippen LogP contribution in [-0.2, 0) is 18.7 Å². The van der Waals surface area contributed by atoms with Crippen LogP contribution in [0, 0.1) is 5.92 Å². The van der Waals surface area contributed by atoms with E-state index < -0.39 is 0 Å². The van der Waals surface area contributed by atoms with Gasteiger partial charge in [-0.1, -0.05) is 13.8 Å². The topological polar surface area (TPSA) is 17.8 Å². The van der Waals surface area contributed by atoms with Crippen LogP contribution in [0.15, 0.2) is 4.60 Å². The quantitative estimate of drug-likeness (QED) is 0.825. The molecule has 0 aliphatic carbocycles. The Labute approximate surface area is 97.6 Å². The summed E-state index contributed by atoms with van der Waals surface area (Å²) < 4.78 is 3.31. The molecule has 78 valence electrons. The first-order valence-corrected chi connectivity index (χ1v) is 6.95. The second-order valence-corrected chi connectivity index (χ2v) is 5.95. The fourth-order valence-electron chi connectivity index (χ4n) is 1.68. The first-order valence-electron chi connectivity index (χ1n) is 5.00. The highest BCUT2D eigenvalue weighted by Crippen LogP contribution is 2.30. The molecule has 0 radical (unpaired) electrons. The van der Waals surface area contributed by atoms with Crippen molar-refractivity contribution >= 4 is 27.7 Å². The Morgan fingerprint density at radius 2 is 2.36 bits per heavy atom. The molecule has 1 aliphatic heterocycles. The summed E-state index contributed by atoms with van der Waals surface area (Å²) in [6, 6.07) is 0. The van der Waals surface area contributed by atoms with Crippen LogP contribution in [-0.4, -0.2) is 15.5 Å². The zero-order chi connectivity index (χ0) is 10.1. The predicted molar refractivity (Wildman–Crippen MR) is 64.6 cm³/mol. The molecule has 1 aliphatic rings. The summed E-state index contributed by atoms with van der Waals surface area (Å²) in [4.78, 5) is 0. The summed E-state index contributed by atoms with van der Waals surface area (Å²) in [5.74, 6) is 2.99. The lowest BCUT2D eigenvalue weighted by Crippen LogP contribution is -2.06. The van der Waals surface area contributed by atoms with Gasteiger partial charge in [-0.3, -0.25) is 4.68 Å². The predicted octanol–water partition coefficient (Wildman–Crippen LogP) is 3.09. The third-order valence-corrected chi connectivity index (χ3v) is 4.21. The molecule has 4 heteroatoms. The van der Waals surface area contributed by atoms with E-state index in [2.05, 4.69) is 39.6 Å². The van der Waals surface area contributed by atoms with Crippen LogP contribution >= 0.6 is 27.7 Å². The van der Waals surface area contributed by atoms with Crippen molar-refractivity contribution in [2.45, 2.75) is 32.6 Å². The molecule has 14 heavy (non-hydrogen) atoms. The Bertz CT molecular complexity index is 333. The average Bonchev–Trinajstić information content (AvgIpc) is 2.44. The molecule has 0 aromatic carbocycles. The summed E-state index contributed by atoms with van der Waals surface area (Å²) >= 11 is 5.65.